The average molecular weight is 316 g/mol. The molecule has 2 aromatic carbocycles. The molecule has 0 saturated carbocycles. The summed E-state index contributed by atoms with van der Waals surface area (Å²) in [7, 11) is 0. The largest absolute Gasteiger partial charge is 0.382 e. The van der Waals surface area contributed by atoms with Crippen LogP contribution in [0.3, 0.4) is 0 Å². The normalized spacial score (nSPS) is 10.3. The Morgan fingerprint density at radius 3 is 1.79 bits per heavy atom. The molecule has 24 heavy (non-hydrogen) atoms. The summed E-state index contributed by atoms with van der Waals surface area (Å²) in [6.07, 6.45) is 1.78. The van der Waals surface area contributed by atoms with Gasteiger partial charge in [0.25, 0.3) is 0 Å². The summed E-state index contributed by atoms with van der Waals surface area (Å²) in [6, 6.07) is 24.5. The molecule has 0 aliphatic heterocycles. The predicted octanol–water partition coefficient (Wildman–Crippen LogP) is 3.57. The van der Waals surface area contributed by atoms with Crippen molar-refractivity contribution < 1.29 is 0 Å². The van der Waals surface area contributed by atoms with Gasteiger partial charge in [-0.1, -0.05) is 60.7 Å². The highest BCUT2D eigenvalue weighted by Crippen LogP contribution is 2.19. The second kappa shape index (κ2) is 7.42. The number of nitrogens with two attached hydrogens (primary N) is 1. The number of hydrogen-bond donors (Lipinski definition) is 2. The lowest BCUT2D eigenvalue weighted by molar-refractivity contribution is 0.797. The molecule has 0 aliphatic rings. The van der Waals surface area contributed by atoms with Crippen LogP contribution < -0.4 is 10.6 Å². The Balaban J connectivity index is 1.87. The van der Waals surface area contributed by atoms with Crippen LogP contribution in [-0.2, 0) is 13.1 Å². The Morgan fingerprint density at radius 2 is 1.38 bits per heavy atom. The summed E-state index contributed by atoms with van der Waals surface area (Å²) in [6.45, 7) is 1.58. The quantitative estimate of drug-likeness (QED) is 0.539. The molecule has 0 bridgehead atoms. The number of nitrogens with one attached hydrogen (secondary N) is 1. The van der Waals surface area contributed by atoms with Crippen LogP contribution in [0.1, 0.15) is 16.8 Å². The van der Waals surface area contributed by atoms with E-state index in [0.717, 1.165) is 18.8 Å². The van der Waals surface area contributed by atoms with Gasteiger partial charge in [0, 0.05) is 13.1 Å². The lowest BCUT2D eigenvalue weighted by atomic mass is 10.1. The second-order valence-electron chi connectivity index (χ2n) is 5.64. The van der Waals surface area contributed by atoms with Crippen LogP contribution in [-0.4, -0.2) is 10.8 Å². The average Bonchev–Trinajstić information content (AvgIpc) is 2.63. The summed E-state index contributed by atoms with van der Waals surface area (Å²) in [5, 5.41) is 7.47. The Kier molecular flexibility index (Phi) is 4.87. The van der Waals surface area contributed by atoms with Crippen molar-refractivity contribution in [2.24, 2.45) is 5.73 Å². The van der Waals surface area contributed by atoms with Gasteiger partial charge < -0.3 is 10.6 Å². The van der Waals surface area contributed by atoms with Gasteiger partial charge in [0.2, 0.25) is 0 Å². The summed E-state index contributed by atoms with van der Waals surface area (Å²) >= 11 is 0. The van der Waals surface area contributed by atoms with Crippen LogP contribution in [0.2, 0.25) is 0 Å². The Bertz CT molecular complexity index is 741. The molecule has 0 saturated heterocycles. The fourth-order valence-corrected chi connectivity index (χ4v) is 2.58. The molecule has 0 radical (unpaired) electrons. The Hall–Kier alpha value is -3.14. The lowest BCUT2D eigenvalue weighted by Gasteiger charge is -2.25. The van der Waals surface area contributed by atoms with E-state index in [1.807, 2.05) is 42.5 Å². The van der Waals surface area contributed by atoms with Gasteiger partial charge in [0.15, 0.2) is 0 Å². The van der Waals surface area contributed by atoms with Crippen LogP contribution >= 0.6 is 0 Å². The van der Waals surface area contributed by atoms with Crippen LogP contribution in [0, 0.1) is 5.41 Å². The molecule has 3 N–H and O–H groups in total. The van der Waals surface area contributed by atoms with E-state index >= 15 is 0 Å². The van der Waals surface area contributed by atoms with E-state index in [0.29, 0.717) is 5.69 Å². The minimum Gasteiger partial charge on any atom is -0.382 e. The minimum atomic E-state index is -0.0146. The molecule has 1 heterocycles. The first-order chi connectivity index (χ1) is 11.7. The van der Waals surface area contributed by atoms with Crippen molar-refractivity contribution in [3.8, 4) is 0 Å². The van der Waals surface area contributed by atoms with Crippen molar-refractivity contribution in [2.75, 3.05) is 4.90 Å². The fourth-order valence-electron chi connectivity index (χ4n) is 2.58. The van der Waals surface area contributed by atoms with Crippen LogP contribution in [0.15, 0.2) is 79.0 Å². The number of aromatic nitrogens is 1. The first-order valence-electron chi connectivity index (χ1n) is 7.85. The third-order valence-corrected chi connectivity index (χ3v) is 3.82. The van der Waals surface area contributed by atoms with Crippen molar-refractivity contribution in [3.63, 3.8) is 0 Å². The van der Waals surface area contributed by atoms with E-state index in [4.69, 9.17) is 11.1 Å². The van der Waals surface area contributed by atoms with Gasteiger partial charge in [-0.05, 0) is 23.3 Å². The van der Waals surface area contributed by atoms with Crippen molar-refractivity contribution in [2.45, 2.75) is 13.1 Å². The minimum absolute atomic E-state index is 0.0146. The lowest BCUT2D eigenvalue weighted by Crippen LogP contribution is -2.22. The third kappa shape index (κ3) is 3.98. The highest BCUT2D eigenvalue weighted by molar-refractivity contribution is 5.93. The predicted molar refractivity (Wildman–Crippen MR) is 98.0 cm³/mol. The summed E-state index contributed by atoms with van der Waals surface area (Å²) < 4.78 is 0. The van der Waals surface area contributed by atoms with Crippen LogP contribution in [0.4, 0.5) is 5.69 Å². The molecule has 3 aromatic rings. The first kappa shape index (κ1) is 15.7. The van der Waals surface area contributed by atoms with Crippen LogP contribution in [0.5, 0.6) is 0 Å². The number of nitrogen functional groups attached to an aromatic ring is 1. The van der Waals surface area contributed by atoms with Gasteiger partial charge in [-0.2, -0.15) is 0 Å². The second-order valence-corrected chi connectivity index (χ2v) is 5.64. The van der Waals surface area contributed by atoms with Crippen molar-refractivity contribution in [1.29, 1.82) is 5.41 Å². The standard InChI is InChI=1S/C20H20N4/c21-20(22)19-12-11-18(13-23-19)24(14-16-7-3-1-4-8-16)15-17-9-5-2-6-10-17/h1-13H,14-15H2,(H3,21,22). The van der Waals surface area contributed by atoms with Crippen molar-refractivity contribution in [1.82, 2.24) is 4.98 Å². The fraction of sp³-hybridized carbons (Fsp3) is 0.100. The highest BCUT2D eigenvalue weighted by Gasteiger charge is 2.10. The number of rotatable bonds is 6. The van der Waals surface area contributed by atoms with E-state index in [1.165, 1.54) is 11.1 Å². The number of benzene rings is 2. The van der Waals surface area contributed by atoms with E-state index < -0.39 is 0 Å². The number of hydrogen-bond acceptors (Lipinski definition) is 3. The molecular formula is C20H20N4. The van der Waals surface area contributed by atoms with Gasteiger partial charge in [-0.3, -0.25) is 10.4 Å². The molecule has 0 spiro atoms. The molecule has 3 rings (SSSR count). The molecule has 0 atom stereocenters. The Labute approximate surface area is 142 Å². The third-order valence-electron chi connectivity index (χ3n) is 3.82. The number of anilines is 1. The number of pyridine rings is 1. The summed E-state index contributed by atoms with van der Waals surface area (Å²) in [5.41, 5.74) is 9.48. The monoisotopic (exact) mass is 316 g/mol. The molecular weight excluding hydrogens is 296 g/mol. The van der Waals surface area contributed by atoms with Gasteiger partial charge in [-0.15, -0.1) is 0 Å². The molecule has 0 fully saturated rings. The zero-order valence-corrected chi connectivity index (χ0v) is 13.4. The molecule has 0 aliphatic carbocycles. The molecule has 4 heteroatoms. The van der Waals surface area contributed by atoms with Crippen LogP contribution in [0.25, 0.3) is 0 Å². The molecule has 0 unspecified atom stereocenters. The maximum absolute atomic E-state index is 7.47. The topological polar surface area (TPSA) is 66.0 Å². The Morgan fingerprint density at radius 1 is 0.833 bits per heavy atom. The molecule has 4 nitrogen and oxygen atoms in total. The highest BCUT2D eigenvalue weighted by atomic mass is 15.1. The van der Waals surface area contributed by atoms with Crippen molar-refractivity contribution in [3.05, 3.63) is 95.8 Å². The zero-order valence-electron chi connectivity index (χ0n) is 13.4. The van der Waals surface area contributed by atoms with E-state index in [1.54, 1.807) is 12.3 Å². The number of amidine groups is 1. The van der Waals surface area contributed by atoms with Gasteiger partial charge in [-0.25, -0.2) is 0 Å². The van der Waals surface area contributed by atoms with Gasteiger partial charge in [0.05, 0.1) is 11.9 Å². The first-order valence-corrected chi connectivity index (χ1v) is 7.85. The zero-order chi connectivity index (χ0) is 16.8. The summed E-state index contributed by atoms with van der Waals surface area (Å²) in [4.78, 5) is 6.56. The van der Waals surface area contributed by atoms with Gasteiger partial charge in [0.1, 0.15) is 11.5 Å². The van der Waals surface area contributed by atoms with E-state index in [-0.39, 0.29) is 5.84 Å². The maximum Gasteiger partial charge on any atom is 0.141 e. The van der Waals surface area contributed by atoms with Crippen molar-refractivity contribution >= 4 is 11.5 Å². The number of nitrogens with zero attached hydrogens (tertiary/aromatic N) is 2. The SMILES string of the molecule is N=C(N)c1ccc(N(Cc2ccccc2)Cc2ccccc2)cn1. The smallest absolute Gasteiger partial charge is 0.141 e. The maximum atomic E-state index is 7.47. The summed E-state index contributed by atoms with van der Waals surface area (Å²) in [5.74, 6) is -0.0146. The molecule has 1 aromatic heterocycles. The van der Waals surface area contributed by atoms with E-state index in [9.17, 15) is 0 Å². The molecule has 0 amide bonds. The van der Waals surface area contributed by atoms with Gasteiger partial charge >= 0.3 is 0 Å². The molecule has 120 valence electrons. The van der Waals surface area contributed by atoms with E-state index in [2.05, 4.69) is 34.1 Å².